The number of carbonyl (C=O) groups is 1. The number of aryl methyl sites for hydroxylation is 2. The predicted molar refractivity (Wildman–Crippen MR) is 156 cm³/mol. The van der Waals surface area contributed by atoms with Gasteiger partial charge in [0.05, 0.1) is 46.4 Å². The molecule has 0 bridgehead atoms. The van der Waals surface area contributed by atoms with Gasteiger partial charge >= 0.3 is 0 Å². The third kappa shape index (κ3) is 4.75. The number of nitrogens with one attached hydrogen (secondary N) is 2. The minimum atomic E-state index is -0.667. The Hall–Kier alpha value is -5.77. The second kappa shape index (κ2) is 10.7. The van der Waals surface area contributed by atoms with Crippen molar-refractivity contribution in [3.63, 3.8) is 0 Å². The van der Waals surface area contributed by atoms with Gasteiger partial charge in [0.1, 0.15) is 11.4 Å². The standard InChI is InChI=1S/C29H27N11O2/c1-17(35-28(41)24-25(30)37-40-12-5-11-32-27(24)40)26-36-22-7-4-6-19(8-9-20-14-34-38(3)18(20)2)23(22)29(42)39(26)13-10-21-15-31-16-33-21/h4-7,11-12,14-17H,10,13H2,1-3H3,(H2,30,37)(H,31,33)(H,35,41)/t17-/m0/s1. The van der Waals surface area contributed by atoms with Crippen molar-refractivity contribution in [1.29, 1.82) is 0 Å². The van der Waals surface area contributed by atoms with E-state index < -0.39 is 11.9 Å². The topological polar surface area (TPSA) is 167 Å². The Morgan fingerprint density at radius 2 is 2.02 bits per heavy atom. The van der Waals surface area contributed by atoms with Crippen molar-refractivity contribution < 1.29 is 4.79 Å². The minimum Gasteiger partial charge on any atom is -0.381 e. The summed E-state index contributed by atoms with van der Waals surface area (Å²) in [7, 11) is 1.85. The quantitative estimate of drug-likeness (QED) is 0.259. The van der Waals surface area contributed by atoms with Crippen molar-refractivity contribution in [2.24, 2.45) is 7.05 Å². The molecule has 4 N–H and O–H groups in total. The number of hydrogen-bond acceptors (Lipinski definition) is 8. The Kier molecular flexibility index (Phi) is 6.71. The lowest BCUT2D eigenvalue weighted by Crippen LogP contribution is -2.34. The lowest BCUT2D eigenvalue weighted by atomic mass is 10.1. The molecule has 0 saturated carbocycles. The summed E-state index contributed by atoms with van der Waals surface area (Å²) in [6.45, 7) is 3.98. The first-order chi connectivity index (χ1) is 20.3. The maximum atomic E-state index is 14.1. The van der Waals surface area contributed by atoms with Gasteiger partial charge in [-0.3, -0.25) is 18.8 Å². The molecule has 0 spiro atoms. The van der Waals surface area contributed by atoms with E-state index in [-0.39, 0.29) is 23.5 Å². The van der Waals surface area contributed by atoms with Crippen molar-refractivity contribution in [2.45, 2.75) is 32.9 Å². The first-order valence-electron chi connectivity index (χ1n) is 13.2. The van der Waals surface area contributed by atoms with Crippen LogP contribution in [0.25, 0.3) is 16.6 Å². The van der Waals surface area contributed by atoms with Gasteiger partial charge in [0.15, 0.2) is 11.5 Å². The molecule has 0 unspecified atom stereocenters. The highest BCUT2D eigenvalue weighted by Crippen LogP contribution is 2.20. The monoisotopic (exact) mass is 561 g/mol. The zero-order valence-corrected chi connectivity index (χ0v) is 23.2. The summed E-state index contributed by atoms with van der Waals surface area (Å²) in [6, 6.07) is 6.40. The Morgan fingerprint density at radius 3 is 2.79 bits per heavy atom. The van der Waals surface area contributed by atoms with Gasteiger partial charge in [0.25, 0.3) is 11.5 Å². The Morgan fingerprint density at radius 1 is 1.19 bits per heavy atom. The van der Waals surface area contributed by atoms with E-state index in [9.17, 15) is 9.59 Å². The molecule has 6 rings (SSSR count). The van der Waals surface area contributed by atoms with E-state index in [0.29, 0.717) is 34.4 Å². The van der Waals surface area contributed by atoms with Gasteiger partial charge < -0.3 is 16.0 Å². The zero-order chi connectivity index (χ0) is 29.4. The third-order valence-electron chi connectivity index (χ3n) is 7.11. The van der Waals surface area contributed by atoms with E-state index >= 15 is 0 Å². The van der Waals surface area contributed by atoms with Gasteiger partial charge in [-0.25, -0.2) is 19.5 Å². The molecule has 0 aliphatic rings. The molecule has 1 atom stereocenters. The molecule has 0 aliphatic carbocycles. The summed E-state index contributed by atoms with van der Waals surface area (Å²) in [6.07, 6.45) is 8.75. The number of nitrogens with two attached hydrogens (primary N) is 1. The molecule has 210 valence electrons. The van der Waals surface area contributed by atoms with Gasteiger partial charge in [-0.05, 0) is 32.0 Å². The molecular weight excluding hydrogens is 534 g/mol. The largest absolute Gasteiger partial charge is 0.381 e. The number of aromatic amines is 1. The number of anilines is 1. The van der Waals surface area contributed by atoms with Crippen LogP contribution in [-0.2, 0) is 20.0 Å². The van der Waals surface area contributed by atoms with Crippen molar-refractivity contribution in [3.05, 3.63) is 99.6 Å². The molecule has 42 heavy (non-hydrogen) atoms. The molecule has 0 radical (unpaired) electrons. The number of imidazole rings is 1. The fourth-order valence-electron chi connectivity index (χ4n) is 4.80. The van der Waals surface area contributed by atoms with Crippen LogP contribution in [0, 0.1) is 18.8 Å². The molecule has 0 fully saturated rings. The average Bonchev–Trinajstić information content (AvgIpc) is 3.70. The fraction of sp³-hybridized carbons (Fsp3) is 0.207. The van der Waals surface area contributed by atoms with Crippen molar-refractivity contribution in [3.8, 4) is 11.8 Å². The maximum Gasteiger partial charge on any atom is 0.262 e. The Balaban J connectivity index is 1.42. The molecular formula is C29H27N11O2. The predicted octanol–water partition coefficient (Wildman–Crippen LogP) is 1.92. The van der Waals surface area contributed by atoms with Crippen LogP contribution in [0.1, 0.15) is 51.7 Å². The molecule has 0 aliphatic heterocycles. The first-order valence-corrected chi connectivity index (χ1v) is 13.2. The van der Waals surface area contributed by atoms with E-state index in [4.69, 9.17) is 10.7 Å². The van der Waals surface area contributed by atoms with Gasteiger partial charge in [0, 0.05) is 44.2 Å². The molecule has 5 aromatic heterocycles. The number of nitrogen functional groups attached to an aromatic ring is 1. The molecule has 0 saturated heterocycles. The molecule has 5 heterocycles. The third-order valence-corrected chi connectivity index (χ3v) is 7.11. The Bertz CT molecular complexity index is 2070. The van der Waals surface area contributed by atoms with E-state index in [1.54, 1.807) is 71.6 Å². The zero-order valence-electron chi connectivity index (χ0n) is 23.2. The van der Waals surface area contributed by atoms with Crippen LogP contribution in [0.5, 0.6) is 0 Å². The number of fused-ring (bicyclic) bond motifs is 2. The van der Waals surface area contributed by atoms with Crippen LogP contribution < -0.4 is 16.6 Å². The smallest absolute Gasteiger partial charge is 0.262 e. The summed E-state index contributed by atoms with van der Waals surface area (Å²) < 4.78 is 4.76. The van der Waals surface area contributed by atoms with E-state index in [0.717, 1.165) is 17.0 Å². The summed E-state index contributed by atoms with van der Waals surface area (Å²) in [5, 5.41) is 11.7. The highest BCUT2D eigenvalue weighted by molar-refractivity contribution is 6.04. The molecule has 1 aromatic carbocycles. The van der Waals surface area contributed by atoms with Crippen molar-refractivity contribution in [2.75, 3.05) is 5.73 Å². The normalized spacial score (nSPS) is 11.9. The highest BCUT2D eigenvalue weighted by atomic mass is 16.2. The maximum absolute atomic E-state index is 14.1. The number of rotatable bonds is 6. The lowest BCUT2D eigenvalue weighted by Gasteiger charge is -2.19. The van der Waals surface area contributed by atoms with Crippen molar-refractivity contribution >= 4 is 28.3 Å². The average molecular weight is 562 g/mol. The van der Waals surface area contributed by atoms with Gasteiger partial charge in [0.2, 0.25) is 0 Å². The highest BCUT2D eigenvalue weighted by Gasteiger charge is 2.24. The summed E-state index contributed by atoms with van der Waals surface area (Å²) >= 11 is 0. The second-order valence-electron chi connectivity index (χ2n) is 9.80. The minimum absolute atomic E-state index is 0.0489. The van der Waals surface area contributed by atoms with E-state index in [1.165, 1.54) is 4.52 Å². The van der Waals surface area contributed by atoms with Crippen molar-refractivity contribution in [1.82, 2.24) is 49.2 Å². The fourth-order valence-corrected chi connectivity index (χ4v) is 4.80. The number of H-pyrrole nitrogens is 1. The number of benzene rings is 1. The summed E-state index contributed by atoms with van der Waals surface area (Å²) in [5.41, 5.74) is 9.78. The van der Waals surface area contributed by atoms with Gasteiger partial charge in [-0.2, -0.15) is 5.10 Å². The van der Waals surface area contributed by atoms with Crippen LogP contribution in [0.3, 0.4) is 0 Å². The Labute approximate surface area is 239 Å². The number of amides is 1. The lowest BCUT2D eigenvalue weighted by molar-refractivity contribution is 0.0939. The number of carbonyl (C=O) groups excluding carboxylic acids is 1. The summed E-state index contributed by atoms with van der Waals surface area (Å²) in [5.74, 6) is 6.23. The number of aromatic nitrogens is 9. The van der Waals surface area contributed by atoms with Crippen LogP contribution >= 0.6 is 0 Å². The van der Waals surface area contributed by atoms with Gasteiger partial charge in [-0.1, -0.05) is 17.9 Å². The van der Waals surface area contributed by atoms with Crippen LogP contribution in [0.15, 0.2) is 60.2 Å². The van der Waals surface area contributed by atoms with E-state index in [2.05, 4.69) is 42.3 Å². The van der Waals surface area contributed by atoms with E-state index in [1.807, 2.05) is 14.0 Å². The summed E-state index contributed by atoms with van der Waals surface area (Å²) in [4.78, 5) is 43.8. The number of hydrogen-bond donors (Lipinski definition) is 3. The molecule has 13 nitrogen and oxygen atoms in total. The van der Waals surface area contributed by atoms with Crippen LogP contribution in [-0.4, -0.2) is 49.8 Å². The molecule has 1 amide bonds. The first kappa shape index (κ1) is 26.5. The second-order valence-corrected chi connectivity index (χ2v) is 9.80. The molecule has 13 heteroatoms. The SMILES string of the molecule is Cc1c(C#Cc2cccc3nc([C@H](C)NC(=O)c4c(N)nn5cccnc45)n(CCc4c[nH]cn4)c(=O)c23)cnn1C. The van der Waals surface area contributed by atoms with Crippen LogP contribution in [0.4, 0.5) is 5.82 Å². The van der Waals surface area contributed by atoms with Crippen LogP contribution in [0.2, 0.25) is 0 Å². The molecule has 6 aromatic rings. The van der Waals surface area contributed by atoms with Gasteiger partial charge in [-0.15, -0.1) is 5.10 Å². The number of nitrogens with zero attached hydrogens (tertiary/aromatic N) is 8.